The summed E-state index contributed by atoms with van der Waals surface area (Å²) in [7, 11) is 0. The lowest BCUT2D eigenvalue weighted by Gasteiger charge is -2.09. The van der Waals surface area contributed by atoms with Gasteiger partial charge in [-0.25, -0.2) is 10.1 Å². The highest BCUT2D eigenvalue weighted by molar-refractivity contribution is 6.36. The molecular weight excluding hydrogens is 411 g/mol. The van der Waals surface area contributed by atoms with Crippen LogP contribution in [0.2, 0.25) is 10.0 Å². The average Bonchev–Trinajstić information content (AvgIpc) is 3.09. The van der Waals surface area contributed by atoms with Crippen LogP contribution in [0, 0.1) is 0 Å². The number of nitrogens with one attached hydrogen (secondary N) is 1. The zero-order valence-electron chi connectivity index (χ0n) is 15.7. The van der Waals surface area contributed by atoms with E-state index in [4.69, 9.17) is 27.9 Å². The molecule has 0 saturated carbocycles. The summed E-state index contributed by atoms with van der Waals surface area (Å²) in [5, 5.41) is 7.72. The Kier molecular flexibility index (Phi) is 5.67. The fourth-order valence-corrected chi connectivity index (χ4v) is 3.71. The Bertz CT molecular complexity index is 1220. The molecule has 148 valence electrons. The first-order chi connectivity index (χ1) is 14.1. The van der Waals surface area contributed by atoms with Crippen molar-refractivity contribution in [2.75, 3.05) is 0 Å². The number of halogens is 2. The number of aryl methyl sites for hydroxylation is 1. The van der Waals surface area contributed by atoms with Gasteiger partial charge in [-0.3, -0.25) is 9.36 Å². The third-order valence-electron chi connectivity index (χ3n) is 4.59. The molecule has 6 nitrogen and oxygen atoms in total. The van der Waals surface area contributed by atoms with Crippen LogP contribution in [0.25, 0.3) is 22.3 Å². The van der Waals surface area contributed by atoms with E-state index < -0.39 is 0 Å². The summed E-state index contributed by atoms with van der Waals surface area (Å²) < 4.78 is 7.64. The van der Waals surface area contributed by atoms with Crippen molar-refractivity contribution in [3.05, 3.63) is 80.3 Å². The molecule has 0 radical (unpaired) electrons. The zero-order chi connectivity index (χ0) is 20.4. The summed E-state index contributed by atoms with van der Waals surface area (Å²) in [6, 6.07) is 15.0. The number of aromatic amines is 1. The monoisotopic (exact) mass is 428 g/mol. The van der Waals surface area contributed by atoms with Crippen molar-refractivity contribution in [2.45, 2.75) is 26.7 Å². The Hall–Kier alpha value is -2.67. The fourth-order valence-electron chi connectivity index (χ4n) is 3.21. The summed E-state index contributed by atoms with van der Waals surface area (Å²) in [5.74, 6) is 0.734. The van der Waals surface area contributed by atoms with E-state index in [1.54, 1.807) is 22.8 Å². The summed E-state index contributed by atoms with van der Waals surface area (Å²) in [6.45, 7) is 2.61. The number of benzene rings is 2. The molecule has 8 heteroatoms. The molecule has 0 fully saturated rings. The Labute approximate surface area is 177 Å². The van der Waals surface area contributed by atoms with Crippen molar-refractivity contribution in [1.82, 2.24) is 19.7 Å². The maximum atomic E-state index is 12.6. The number of hydrogen-bond donors (Lipinski definition) is 1. The maximum Gasteiger partial charge on any atom is 0.290 e. The number of rotatable bonds is 6. The molecule has 0 spiro atoms. The lowest BCUT2D eigenvalue weighted by molar-refractivity contribution is 0.0646. The molecule has 0 bridgehead atoms. The molecule has 0 unspecified atom stereocenters. The van der Waals surface area contributed by atoms with Crippen molar-refractivity contribution in [3.63, 3.8) is 0 Å². The first-order valence-corrected chi connectivity index (χ1v) is 9.89. The SMILES string of the molecule is CCc1nc2c(-c3ccc(Cl)cc3Cl)n[nH]c(=O)c2n1COCc1ccccc1. The number of nitrogens with zero attached hydrogens (tertiary/aromatic N) is 3. The van der Waals surface area contributed by atoms with Crippen LogP contribution < -0.4 is 5.56 Å². The number of hydrogen-bond acceptors (Lipinski definition) is 4. The molecule has 4 aromatic rings. The minimum Gasteiger partial charge on any atom is -0.356 e. The minimum absolute atomic E-state index is 0.204. The molecule has 29 heavy (non-hydrogen) atoms. The predicted octanol–water partition coefficient (Wildman–Crippen LogP) is 4.83. The Balaban J connectivity index is 1.76. The van der Waals surface area contributed by atoms with Gasteiger partial charge in [-0.1, -0.05) is 60.5 Å². The van der Waals surface area contributed by atoms with Gasteiger partial charge < -0.3 is 4.74 Å². The minimum atomic E-state index is -0.329. The number of fused-ring (bicyclic) bond motifs is 1. The first kappa shape index (κ1) is 19.6. The van der Waals surface area contributed by atoms with E-state index in [1.165, 1.54) is 0 Å². The summed E-state index contributed by atoms with van der Waals surface area (Å²) in [6.07, 6.45) is 0.636. The van der Waals surface area contributed by atoms with Gasteiger partial charge in [0.1, 0.15) is 29.3 Å². The van der Waals surface area contributed by atoms with Gasteiger partial charge in [-0.05, 0) is 23.8 Å². The van der Waals surface area contributed by atoms with E-state index in [-0.39, 0.29) is 12.3 Å². The molecule has 0 aliphatic heterocycles. The molecule has 0 amide bonds. The summed E-state index contributed by atoms with van der Waals surface area (Å²) in [5.41, 5.74) is 2.76. The number of H-pyrrole nitrogens is 1. The topological polar surface area (TPSA) is 72.8 Å². The second-order valence-corrected chi connectivity index (χ2v) is 7.34. The second kappa shape index (κ2) is 8.37. The maximum absolute atomic E-state index is 12.6. The van der Waals surface area contributed by atoms with Crippen LogP contribution in [0.5, 0.6) is 0 Å². The van der Waals surface area contributed by atoms with Gasteiger partial charge in [0.15, 0.2) is 0 Å². The van der Waals surface area contributed by atoms with Crippen molar-refractivity contribution in [3.8, 4) is 11.3 Å². The smallest absolute Gasteiger partial charge is 0.290 e. The van der Waals surface area contributed by atoms with Gasteiger partial charge in [0.2, 0.25) is 0 Å². The third kappa shape index (κ3) is 3.92. The third-order valence-corrected chi connectivity index (χ3v) is 5.14. The van der Waals surface area contributed by atoms with E-state index in [2.05, 4.69) is 15.2 Å². The van der Waals surface area contributed by atoms with Crippen LogP contribution in [-0.2, 0) is 24.5 Å². The van der Waals surface area contributed by atoms with Crippen molar-refractivity contribution in [2.24, 2.45) is 0 Å². The van der Waals surface area contributed by atoms with Gasteiger partial charge >= 0.3 is 0 Å². The van der Waals surface area contributed by atoms with E-state index in [0.29, 0.717) is 45.4 Å². The molecule has 0 aliphatic rings. The molecular formula is C21H18Cl2N4O2. The number of ether oxygens (including phenoxy) is 1. The van der Waals surface area contributed by atoms with Gasteiger partial charge in [0.25, 0.3) is 5.56 Å². The van der Waals surface area contributed by atoms with E-state index in [9.17, 15) is 4.79 Å². The van der Waals surface area contributed by atoms with E-state index >= 15 is 0 Å². The quantitative estimate of drug-likeness (QED) is 0.477. The lowest BCUT2D eigenvalue weighted by Crippen LogP contribution is -2.15. The highest BCUT2D eigenvalue weighted by atomic mass is 35.5. The Morgan fingerprint density at radius 2 is 1.93 bits per heavy atom. The summed E-state index contributed by atoms with van der Waals surface area (Å²) >= 11 is 12.4. The second-order valence-electron chi connectivity index (χ2n) is 6.50. The fraction of sp³-hybridized carbons (Fsp3) is 0.190. The van der Waals surface area contributed by atoms with Crippen molar-refractivity contribution < 1.29 is 4.74 Å². The lowest BCUT2D eigenvalue weighted by atomic mass is 10.1. The molecule has 0 atom stereocenters. The number of aromatic nitrogens is 4. The number of imidazole rings is 1. The van der Waals surface area contributed by atoms with Crippen molar-refractivity contribution >= 4 is 34.2 Å². The molecule has 1 N–H and O–H groups in total. The van der Waals surface area contributed by atoms with Crippen LogP contribution >= 0.6 is 23.2 Å². The molecule has 0 aliphatic carbocycles. The average molecular weight is 429 g/mol. The van der Waals surface area contributed by atoms with Crippen LogP contribution in [0.3, 0.4) is 0 Å². The van der Waals surface area contributed by atoms with Gasteiger partial charge in [0.05, 0.1) is 11.6 Å². The van der Waals surface area contributed by atoms with Crippen molar-refractivity contribution in [1.29, 1.82) is 0 Å². The Morgan fingerprint density at radius 1 is 1.14 bits per heavy atom. The molecule has 4 rings (SSSR count). The zero-order valence-corrected chi connectivity index (χ0v) is 17.2. The van der Waals surface area contributed by atoms with Crippen LogP contribution in [0.1, 0.15) is 18.3 Å². The van der Waals surface area contributed by atoms with Crippen LogP contribution in [-0.4, -0.2) is 19.7 Å². The molecule has 2 aromatic heterocycles. The van der Waals surface area contributed by atoms with E-state index in [1.807, 2.05) is 37.3 Å². The van der Waals surface area contributed by atoms with Gasteiger partial charge in [-0.15, -0.1) is 0 Å². The largest absolute Gasteiger partial charge is 0.356 e. The van der Waals surface area contributed by atoms with E-state index in [0.717, 1.165) is 11.4 Å². The van der Waals surface area contributed by atoms with Crippen LogP contribution in [0.4, 0.5) is 0 Å². The standard InChI is InChI=1S/C21H18Cl2N4O2/c1-2-17-24-19-18(15-9-8-14(22)10-16(15)23)25-26-21(28)20(19)27(17)12-29-11-13-6-4-3-5-7-13/h3-10H,2,11-12H2,1H3,(H,26,28). The highest BCUT2D eigenvalue weighted by Gasteiger charge is 2.19. The molecule has 2 aromatic carbocycles. The molecule has 0 saturated heterocycles. The first-order valence-electron chi connectivity index (χ1n) is 9.13. The Morgan fingerprint density at radius 3 is 2.66 bits per heavy atom. The predicted molar refractivity (Wildman–Crippen MR) is 114 cm³/mol. The van der Waals surface area contributed by atoms with Gasteiger partial charge in [0, 0.05) is 17.0 Å². The highest BCUT2D eigenvalue weighted by Crippen LogP contribution is 2.32. The normalized spacial score (nSPS) is 11.3. The summed E-state index contributed by atoms with van der Waals surface area (Å²) in [4.78, 5) is 17.3. The molecule has 2 heterocycles. The van der Waals surface area contributed by atoms with Gasteiger partial charge in [-0.2, -0.15) is 5.10 Å². The van der Waals surface area contributed by atoms with Crippen LogP contribution in [0.15, 0.2) is 53.3 Å².